The van der Waals surface area contributed by atoms with E-state index in [0.29, 0.717) is 23.9 Å². The zero-order valence-corrected chi connectivity index (χ0v) is 16.3. The number of nitrogens with zero attached hydrogens (tertiary/aromatic N) is 4. The van der Waals surface area contributed by atoms with E-state index in [-0.39, 0.29) is 16.5 Å². The Kier molecular flexibility index (Phi) is 5.05. The smallest absolute Gasteiger partial charge is 0.352 e. The molecule has 7 nitrogen and oxygen atoms in total. The van der Waals surface area contributed by atoms with Crippen molar-refractivity contribution in [1.29, 1.82) is 0 Å². The molecule has 2 heterocycles. The van der Waals surface area contributed by atoms with Gasteiger partial charge in [0.05, 0.1) is 12.2 Å². The zero-order chi connectivity index (χ0) is 20.4. The standard InChI is InChI=1S/C21H17ClN4O3/c1-24-18(27)8-5-9-19(24)29-17-12-10-16(11-13-17)26-21(28)25(20(22)23-26)14-15-6-3-2-4-7-15/h2-13H,14H2,1H3. The number of ether oxygens (including phenoxy) is 1. The number of hydrogen-bond acceptors (Lipinski definition) is 4. The molecule has 2 aromatic carbocycles. The molecule has 0 unspecified atom stereocenters. The normalized spacial score (nSPS) is 10.8. The van der Waals surface area contributed by atoms with E-state index in [1.165, 1.54) is 19.9 Å². The molecule has 0 saturated heterocycles. The van der Waals surface area contributed by atoms with E-state index in [1.807, 2.05) is 30.3 Å². The van der Waals surface area contributed by atoms with Crippen molar-refractivity contribution < 1.29 is 4.74 Å². The molecular formula is C21H17ClN4O3. The summed E-state index contributed by atoms with van der Waals surface area (Å²) >= 11 is 6.19. The van der Waals surface area contributed by atoms with Gasteiger partial charge in [-0.15, -0.1) is 5.10 Å². The van der Waals surface area contributed by atoms with Crippen molar-refractivity contribution >= 4 is 11.6 Å². The fourth-order valence-electron chi connectivity index (χ4n) is 2.86. The molecule has 4 rings (SSSR count). The van der Waals surface area contributed by atoms with Gasteiger partial charge in [0.2, 0.25) is 11.2 Å². The van der Waals surface area contributed by atoms with Crippen LogP contribution in [0.15, 0.2) is 82.4 Å². The maximum Gasteiger partial charge on any atom is 0.352 e. The molecular weight excluding hydrogens is 392 g/mol. The van der Waals surface area contributed by atoms with Crippen LogP contribution >= 0.6 is 11.6 Å². The maximum atomic E-state index is 12.8. The van der Waals surface area contributed by atoms with E-state index in [2.05, 4.69) is 5.10 Å². The summed E-state index contributed by atoms with van der Waals surface area (Å²) in [5.74, 6) is 0.940. The molecule has 4 aromatic rings. The minimum absolute atomic E-state index is 0.110. The Labute approximate surface area is 171 Å². The van der Waals surface area contributed by atoms with E-state index >= 15 is 0 Å². The monoisotopic (exact) mass is 408 g/mol. The lowest BCUT2D eigenvalue weighted by Crippen LogP contribution is -2.24. The van der Waals surface area contributed by atoms with Crippen LogP contribution in [0.3, 0.4) is 0 Å². The number of pyridine rings is 1. The second kappa shape index (κ2) is 7.81. The summed E-state index contributed by atoms with van der Waals surface area (Å²) in [4.78, 5) is 24.5. The van der Waals surface area contributed by atoms with E-state index < -0.39 is 0 Å². The number of hydrogen-bond donors (Lipinski definition) is 0. The third-order valence-corrected chi connectivity index (χ3v) is 4.72. The first kappa shape index (κ1) is 18.8. The summed E-state index contributed by atoms with van der Waals surface area (Å²) in [5, 5.41) is 4.27. The lowest BCUT2D eigenvalue weighted by Gasteiger charge is -2.09. The van der Waals surface area contributed by atoms with Crippen molar-refractivity contribution in [3.8, 4) is 17.3 Å². The second-order valence-electron chi connectivity index (χ2n) is 6.39. The minimum atomic E-state index is -0.335. The first-order chi connectivity index (χ1) is 14.0. The Bertz CT molecular complexity index is 1260. The lowest BCUT2D eigenvalue weighted by atomic mass is 10.2. The summed E-state index contributed by atoms with van der Waals surface area (Å²) < 4.78 is 9.80. The Balaban J connectivity index is 1.59. The molecule has 0 aliphatic carbocycles. The highest BCUT2D eigenvalue weighted by atomic mass is 35.5. The summed E-state index contributed by atoms with van der Waals surface area (Å²) in [6, 6.07) is 21.1. The van der Waals surface area contributed by atoms with Crippen molar-refractivity contribution in [2.24, 2.45) is 7.05 Å². The molecule has 0 saturated carbocycles. The van der Waals surface area contributed by atoms with Crippen LogP contribution in [0, 0.1) is 0 Å². The largest absolute Gasteiger partial charge is 0.441 e. The van der Waals surface area contributed by atoms with Crippen molar-refractivity contribution in [2.45, 2.75) is 6.54 Å². The minimum Gasteiger partial charge on any atom is -0.441 e. The third-order valence-electron chi connectivity index (χ3n) is 4.44. The average molecular weight is 409 g/mol. The van der Waals surface area contributed by atoms with Crippen molar-refractivity contribution in [3.05, 3.63) is 104 Å². The van der Waals surface area contributed by atoms with Gasteiger partial charge in [-0.25, -0.2) is 4.79 Å². The first-order valence-corrected chi connectivity index (χ1v) is 9.24. The first-order valence-electron chi connectivity index (χ1n) is 8.86. The SMILES string of the molecule is Cn1c(Oc2ccc(-n3nc(Cl)n(Cc4ccccc4)c3=O)cc2)cccc1=O. The molecule has 0 aliphatic rings. The van der Waals surface area contributed by atoms with Gasteiger partial charge in [-0.3, -0.25) is 13.9 Å². The van der Waals surface area contributed by atoms with Gasteiger partial charge in [0, 0.05) is 13.1 Å². The molecule has 0 bridgehead atoms. The van der Waals surface area contributed by atoms with Crippen LogP contribution < -0.4 is 16.0 Å². The maximum absolute atomic E-state index is 12.8. The summed E-state index contributed by atoms with van der Waals surface area (Å²) in [6.07, 6.45) is 0. The highest BCUT2D eigenvalue weighted by Crippen LogP contribution is 2.21. The fourth-order valence-corrected chi connectivity index (χ4v) is 3.07. The second-order valence-corrected chi connectivity index (χ2v) is 6.73. The molecule has 0 fully saturated rings. The van der Waals surface area contributed by atoms with Crippen LogP contribution in [0.1, 0.15) is 5.56 Å². The Morgan fingerprint density at radius 3 is 2.38 bits per heavy atom. The molecule has 0 radical (unpaired) electrons. The molecule has 8 heteroatoms. The van der Waals surface area contributed by atoms with Gasteiger partial charge in [0.1, 0.15) is 5.75 Å². The quantitative estimate of drug-likeness (QED) is 0.508. The van der Waals surface area contributed by atoms with Gasteiger partial charge in [-0.2, -0.15) is 4.68 Å². The number of aromatic nitrogens is 4. The molecule has 2 aromatic heterocycles. The molecule has 146 valence electrons. The molecule has 29 heavy (non-hydrogen) atoms. The van der Waals surface area contributed by atoms with Crippen LogP contribution in [0.4, 0.5) is 0 Å². The fraction of sp³-hybridized carbons (Fsp3) is 0.0952. The van der Waals surface area contributed by atoms with E-state index in [9.17, 15) is 9.59 Å². The average Bonchev–Trinajstić information content (AvgIpc) is 3.01. The van der Waals surface area contributed by atoms with E-state index in [4.69, 9.17) is 16.3 Å². The lowest BCUT2D eigenvalue weighted by molar-refractivity contribution is 0.434. The van der Waals surface area contributed by atoms with Crippen LogP contribution in [0.2, 0.25) is 5.28 Å². The Morgan fingerprint density at radius 2 is 1.66 bits per heavy atom. The Morgan fingerprint density at radius 1 is 0.931 bits per heavy atom. The number of benzene rings is 2. The summed E-state index contributed by atoms with van der Waals surface area (Å²) in [7, 11) is 1.63. The highest BCUT2D eigenvalue weighted by molar-refractivity contribution is 6.28. The van der Waals surface area contributed by atoms with E-state index in [1.54, 1.807) is 43.4 Å². The van der Waals surface area contributed by atoms with Gasteiger partial charge in [0.25, 0.3) is 5.56 Å². The van der Waals surface area contributed by atoms with Crippen molar-refractivity contribution in [3.63, 3.8) is 0 Å². The van der Waals surface area contributed by atoms with Crippen LogP contribution in [0.25, 0.3) is 5.69 Å². The van der Waals surface area contributed by atoms with Gasteiger partial charge in [-0.1, -0.05) is 36.4 Å². The summed E-state index contributed by atoms with van der Waals surface area (Å²) in [5.41, 5.74) is 1.01. The molecule has 0 amide bonds. The van der Waals surface area contributed by atoms with Gasteiger partial charge in [0.15, 0.2) is 0 Å². The number of halogens is 1. The third kappa shape index (κ3) is 3.86. The van der Waals surface area contributed by atoms with Gasteiger partial charge < -0.3 is 4.74 Å². The van der Waals surface area contributed by atoms with Crippen LogP contribution in [0.5, 0.6) is 11.6 Å². The molecule has 0 aliphatic heterocycles. The van der Waals surface area contributed by atoms with Crippen molar-refractivity contribution in [1.82, 2.24) is 18.9 Å². The highest BCUT2D eigenvalue weighted by Gasteiger charge is 2.13. The summed E-state index contributed by atoms with van der Waals surface area (Å²) in [6.45, 7) is 0.335. The molecule has 0 spiro atoms. The van der Waals surface area contributed by atoms with Gasteiger partial charge in [-0.05, 0) is 47.5 Å². The van der Waals surface area contributed by atoms with Crippen molar-refractivity contribution in [2.75, 3.05) is 0 Å². The van der Waals surface area contributed by atoms with Gasteiger partial charge >= 0.3 is 5.69 Å². The van der Waals surface area contributed by atoms with Crippen LogP contribution in [-0.2, 0) is 13.6 Å². The van der Waals surface area contributed by atoms with Crippen LogP contribution in [-0.4, -0.2) is 18.9 Å². The predicted octanol–water partition coefficient (Wildman–Crippen LogP) is 3.23. The molecule has 0 atom stereocenters. The predicted molar refractivity (Wildman–Crippen MR) is 110 cm³/mol. The zero-order valence-electron chi connectivity index (χ0n) is 15.5. The molecule has 0 N–H and O–H groups in total. The number of rotatable bonds is 5. The topological polar surface area (TPSA) is 71.0 Å². The van der Waals surface area contributed by atoms with E-state index in [0.717, 1.165) is 5.56 Å². The Hall–Kier alpha value is -3.58.